The summed E-state index contributed by atoms with van der Waals surface area (Å²) in [5.74, 6) is 0.999. The van der Waals surface area contributed by atoms with E-state index in [1.54, 1.807) is 24.3 Å². The third-order valence-electron chi connectivity index (χ3n) is 6.66. The molecule has 4 aliphatic rings. The summed E-state index contributed by atoms with van der Waals surface area (Å²) in [7, 11) is 0. The van der Waals surface area contributed by atoms with Crippen molar-refractivity contribution in [3.63, 3.8) is 0 Å². The van der Waals surface area contributed by atoms with Crippen LogP contribution in [-0.4, -0.2) is 17.8 Å². The number of benzene rings is 1. The van der Waals surface area contributed by atoms with Crippen LogP contribution in [0, 0.1) is 22.2 Å². The Labute approximate surface area is 137 Å². The van der Waals surface area contributed by atoms with Gasteiger partial charge in [-0.1, -0.05) is 13.8 Å². The number of carbonyl (C=O) groups is 1. The molecule has 4 fully saturated rings. The molecule has 0 aliphatic heterocycles. The largest absolute Gasteiger partial charge is 0.508 e. The summed E-state index contributed by atoms with van der Waals surface area (Å²) in [6.45, 7) is 5.34. The van der Waals surface area contributed by atoms with Gasteiger partial charge in [-0.25, -0.2) is 4.79 Å². The molecule has 1 aromatic carbocycles. The standard InChI is InChI=1S/C19H25NO3/c1-17-7-13-8-18(2,10-17)19(9-13,11-17)12-23-16(22)20-14-3-5-15(21)6-4-14/h3-6,13,21H,7-12H2,1-2H3,(H,20,22). The number of hydrogen-bond donors (Lipinski definition) is 2. The number of phenols is 1. The van der Waals surface area contributed by atoms with Crippen molar-refractivity contribution < 1.29 is 14.6 Å². The monoisotopic (exact) mass is 315 g/mol. The van der Waals surface area contributed by atoms with Crippen LogP contribution < -0.4 is 5.32 Å². The van der Waals surface area contributed by atoms with E-state index in [9.17, 15) is 9.90 Å². The number of anilines is 1. The molecule has 4 aliphatic carbocycles. The summed E-state index contributed by atoms with van der Waals surface area (Å²) in [6, 6.07) is 6.43. The molecule has 4 saturated carbocycles. The highest BCUT2D eigenvalue weighted by Crippen LogP contribution is 2.76. The van der Waals surface area contributed by atoms with E-state index in [0.717, 1.165) is 5.92 Å². The smallest absolute Gasteiger partial charge is 0.411 e. The highest BCUT2D eigenvalue weighted by atomic mass is 16.5. The van der Waals surface area contributed by atoms with Gasteiger partial charge in [0.25, 0.3) is 0 Å². The van der Waals surface area contributed by atoms with Crippen LogP contribution in [0.1, 0.15) is 46.0 Å². The van der Waals surface area contributed by atoms with Crippen LogP contribution in [0.15, 0.2) is 24.3 Å². The van der Waals surface area contributed by atoms with E-state index in [4.69, 9.17) is 4.74 Å². The molecule has 0 saturated heterocycles. The highest BCUT2D eigenvalue weighted by Gasteiger charge is 2.68. The summed E-state index contributed by atoms with van der Waals surface area (Å²) in [6.07, 6.45) is 5.94. The zero-order valence-electron chi connectivity index (χ0n) is 13.9. The van der Waals surface area contributed by atoms with Gasteiger partial charge in [0.15, 0.2) is 0 Å². The Hall–Kier alpha value is -1.71. The van der Waals surface area contributed by atoms with E-state index >= 15 is 0 Å². The fourth-order valence-electron chi connectivity index (χ4n) is 6.26. The first kappa shape index (κ1) is 14.9. The van der Waals surface area contributed by atoms with E-state index < -0.39 is 6.09 Å². The number of carbonyl (C=O) groups excluding carboxylic acids is 1. The molecule has 1 amide bonds. The molecule has 0 heterocycles. The number of hydrogen-bond acceptors (Lipinski definition) is 3. The first-order chi connectivity index (χ1) is 10.8. The van der Waals surface area contributed by atoms with Gasteiger partial charge in [0.05, 0.1) is 6.61 Å². The van der Waals surface area contributed by atoms with Gasteiger partial charge in [-0.15, -0.1) is 0 Å². The van der Waals surface area contributed by atoms with Crippen molar-refractivity contribution in [3.8, 4) is 5.75 Å². The van der Waals surface area contributed by atoms with Crippen molar-refractivity contribution in [3.05, 3.63) is 24.3 Å². The Morgan fingerprint density at radius 1 is 1.22 bits per heavy atom. The molecule has 0 spiro atoms. The molecule has 0 aromatic heterocycles. The highest BCUT2D eigenvalue weighted by molar-refractivity contribution is 5.84. The molecule has 1 aromatic rings. The molecule has 2 N–H and O–H groups in total. The lowest BCUT2D eigenvalue weighted by molar-refractivity contribution is 0.0309. The van der Waals surface area contributed by atoms with Crippen LogP contribution in [0.3, 0.4) is 0 Å². The maximum Gasteiger partial charge on any atom is 0.411 e. The number of ether oxygens (including phenoxy) is 1. The van der Waals surface area contributed by atoms with Gasteiger partial charge in [0.2, 0.25) is 0 Å². The van der Waals surface area contributed by atoms with Gasteiger partial charge in [0, 0.05) is 11.1 Å². The second kappa shape index (κ2) is 4.65. The molecule has 23 heavy (non-hydrogen) atoms. The normalized spacial score (nSPS) is 40.3. The number of amides is 1. The number of phenolic OH excluding ortho intramolecular Hbond substituents is 1. The maximum absolute atomic E-state index is 12.1. The van der Waals surface area contributed by atoms with Crippen molar-refractivity contribution in [2.75, 3.05) is 11.9 Å². The number of rotatable bonds is 3. The molecule has 5 rings (SSSR count). The number of aromatic hydroxyl groups is 1. The molecule has 0 radical (unpaired) electrons. The minimum Gasteiger partial charge on any atom is -0.508 e. The Balaban J connectivity index is 1.41. The molecular weight excluding hydrogens is 290 g/mol. The van der Waals surface area contributed by atoms with Gasteiger partial charge in [-0.3, -0.25) is 5.32 Å². The first-order valence-electron chi connectivity index (χ1n) is 8.55. The molecule has 4 atom stereocenters. The fourth-order valence-corrected chi connectivity index (χ4v) is 6.26. The predicted molar refractivity (Wildman–Crippen MR) is 88.3 cm³/mol. The van der Waals surface area contributed by atoms with Gasteiger partial charge >= 0.3 is 6.09 Å². The molecule has 124 valence electrons. The van der Waals surface area contributed by atoms with E-state index in [2.05, 4.69) is 19.2 Å². The quantitative estimate of drug-likeness (QED) is 0.805. The van der Waals surface area contributed by atoms with E-state index in [0.29, 0.717) is 23.1 Å². The van der Waals surface area contributed by atoms with Crippen molar-refractivity contribution in [1.82, 2.24) is 0 Å². The SMILES string of the molecule is CC12CC3CC(C)(C1)C(COC(=O)Nc1ccc(O)cc1)(C3)C2. The number of nitrogens with one attached hydrogen (secondary N) is 1. The summed E-state index contributed by atoms with van der Waals surface area (Å²) in [5.41, 5.74) is 1.60. The van der Waals surface area contributed by atoms with Crippen molar-refractivity contribution in [2.24, 2.45) is 22.2 Å². The average molecular weight is 315 g/mol. The maximum atomic E-state index is 12.1. The topological polar surface area (TPSA) is 58.6 Å². The summed E-state index contributed by atoms with van der Waals surface area (Å²) >= 11 is 0. The van der Waals surface area contributed by atoms with Gasteiger partial charge in [0.1, 0.15) is 5.75 Å². The van der Waals surface area contributed by atoms with Gasteiger partial charge in [-0.05, 0) is 73.1 Å². The lowest BCUT2D eigenvalue weighted by Gasteiger charge is -2.38. The van der Waals surface area contributed by atoms with Crippen LogP contribution in [0.4, 0.5) is 10.5 Å². The van der Waals surface area contributed by atoms with Crippen molar-refractivity contribution in [2.45, 2.75) is 46.0 Å². The fraction of sp³-hybridized carbons (Fsp3) is 0.632. The third-order valence-corrected chi connectivity index (χ3v) is 6.66. The average Bonchev–Trinajstić information content (AvgIpc) is 2.74. The minimum absolute atomic E-state index is 0.178. The van der Waals surface area contributed by atoms with Crippen molar-refractivity contribution in [1.29, 1.82) is 0 Å². The van der Waals surface area contributed by atoms with Crippen LogP contribution in [0.25, 0.3) is 0 Å². The third kappa shape index (κ3) is 2.30. The van der Waals surface area contributed by atoms with E-state index in [1.807, 2.05) is 0 Å². The van der Waals surface area contributed by atoms with Crippen molar-refractivity contribution >= 4 is 11.8 Å². The Morgan fingerprint density at radius 2 is 1.96 bits per heavy atom. The van der Waals surface area contributed by atoms with Crippen LogP contribution in [-0.2, 0) is 4.74 Å². The second-order valence-electron chi connectivity index (χ2n) is 8.73. The summed E-state index contributed by atoms with van der Waals surface area (Å²) in [4.78, 5) is 12.1. The molecule has 4 heteroatoms. The zero-order valence-corrected chi connectivity index (χ0v) is 13.9. The van der Waals surface area contributed by atoms with Crippen LogP contribution in [0.2, 0.25) is 0 Å². The minimum atomic E-state index is -0.398. The van der Waals surface area contributed by atoms with Crippen LogP contribution >= 0.6 is 0 Å². The zero-order chi connectivity index (χ0) is 16.3. The Morgan fingerprint density at radius 3 is 2.65 bits per heavy atom. The summed E-state index contributed by atoms with van der Waals surface area (Å²) < 4.78 is 5.63. The lowest BCUT2D eigenvalue weighted by Crippen LogP contribution is -2.36. The van der Waals surface area contributed by atoms with Crippen LogP contribution in [0.5, 0.6) is 5.75 Å². The molecular formula is C19H25NO3. The summed E-state index contributed by atoms with van der Waals surface area (Å²) in [5, 5.41) is 12.0. The van der Waals surface area contributed by atoms with Gasteiger partial charge in [-0.2, -0.15) is 0 Å². The Bertz CT molecular complexity index is 643. The molecule has 4 nitrogen and oxygen atoms in total. The Kier molecular flexibility index (Phi) is 3.00. The first-order valence-corrected chi connectivity index (χ1v) is 8.55. The lowest BCUT2D eigenvalue weighted by atomic mass is 9.68. The second-order valence-corrected chi connectivity index (χ2v) is 8.73. The van der Waals surface area contributed by atoms with Gasteiger partial charge < -0.3 is 9.84 Å². The molecule has 4 bridgehead atoms. The van der Waals surface area contributed by atoms with E-state index in [-0.39, 0.29) is 11.2 Å². The van der Waals surface area contributed by atoms with E-state index in [1.165, 1.54) is 32.1 Å². The predicted octanol–water partition coefficient (Wildman–Crippen LogP) is 4.55. The molecule has 4 unspecified atom stereocenters.